The van der Waals surface area contributed by atoms with Crippen molar-refractivity contribution >= 4 is 11.3 Å². The summed E-state index contributed by atoms with van der Waals surface area (Å²) in [4.78, 5) is 13.5. The third-order valence-corrected chi connectivity index (χ3v) is 1.35. The molecule has 2 rings (SSSR count). The molecule has 7 heteroatoms. The largest absolute Gasteiger partial charge is 0.305 e. The number of aromatic nitrogens is 4. The summed E-state index contributed by atoms with van der Waals surface area (Å²) in [5.41, 5.74) is 0.383. The molecule has 0 aliphatic carbocycles. The first-order valence-corrected chi connectivity index (χ1v) is 3.08. The summed E-state index contributed by atoms with van der Waals surface area (Å²) in [6.45, 7) is 0. The van der Waals surface area contributed by atoms with Crippen LogP contribution in [0.4, 0.5) is 5.69 Å². The van der Waals surface area contributed by atoms with Crippen LogP contribution in [0.2, 0.25) is 0 Å². The molecular formula is C5H3N5O2. The highest BCUT2D eigenvalue weighted by Gasteiger charge is 2.07. The van der Waals surface area contributed by atoms with E-state index in [2.05, 4.69) is 15.3 Å². The van der Waals surface area contributed by atoms with Crippen LogP contribution in [0.3, 0.4) is 0 Å². The number of nitrogens with zero attached hydrogens (tertiary/aromatic N) is 5. The first-order valence-electron chi connectivity index (χ1n) is 3.08. The summed E-state index contributed by atoms with van der Waals surface area (Å²) in [7, 11) is 0. The van der Waals surface area contributed by atoms with Crippen LogP contribution in [0.1, 0.15) is 0 Å². The Hall–Kier alpha value is -2.05. The quantitative estimate of drug-likeness (QED) is 0.439. The minimum absolute atomic E-state index is 0.104. The van der Waals surface area contributed by atoms with Gasteiger partial charge in [-0.1, -0.05) is 5.21 Å². The van der Waals surface area contributed by atoms with Crippen molar-refractivity contribution in [2.24, 2.45) is 0 Å². The number of hydrogen-bond donors (Lipinski definition) is 0. The van der Waals surface area contributed by atoms with E-state index >= 15 is 0 Å². The average Bonchev–Trinajstić information content (AvgIpc) is 2.49. The van der Waals surface area contributed by atoms with Gasteiger partial charge in [-0.15, -0.1) is 5.10 Å². The van der Waals surface area contributed by atoms with Crippen LogP contribution in [0.15, 0.2) is 18.6 Å². The van der Waals surface area contributed by atoms with Crippen molar-refractivity contribution in [3.8, 4) is 0 Å². The number of nitro groups is 1. The molecule has 0 aromatic carbocycles. The van der Waals surface area contributed by atoms with Gasteiger partial charge >= 0.3 is 5.69 Å². The van der Waals surface area contributed by atoms with Crippen molar-refractivity contribution in [3.05, 3.63) is 28.7 Å². The van der Waals surface area contributed by atoms with Crippen LogP contribution in [0, 0.1) is 10.1 Å². The summed E-state index contributed by atoms with van der Waals surface area (Å²) >= 11 is 0. The van der Waals surface area contributed by atoms with Crippen LogP contribution in [-0.2, 0) is 0 Å². The molecule has 7 nitrogen and oxygen atoms in total. The van der Waals surface area contributed by atoms with Crippen LogP contribution in [0.5, 0.6) is 0 Å². The van der Waals surface area contributed by atoms with Gasteiger partial charge in [0, 0.05) is 0 Å². The topological polar surface area (TPSA) is 86.2 Å². The zero-order valence-corrected chi connectivity index (χ0v) is 5.78. The molecule has 12 heavy (non-hydrogen) atoms. The molecule has 0 fully saturated rings. The van der Waals surface area contributed by atoms with E-state index in [1.165, 1.54) is 23.1 Å². The lowest BCUT2D eigenvalue weighted by Gasteiger charge is -1.90. The molecule has 0 N–H and O–H groups in total. The normalized spacial score (nSPS) is 10.3. The number of fused-ring (bicyclic) bond motifs is 1. The molecule has 2 heterocycles. The Labute approximate surface area is 65.8 Å². The third kappa shape index (κ3) is 0.875. The van der Waals surface area contributed by atoms with E-state index in [1.807, 2.05) is 0 Å². The molecule has 0 saturated carbocycles. The third-order valence-electron chi connectivity index (χ3n) is 1.35. The molecule has 2 aromatic rings. The van der Waals surface area contributed by atoms with E-state index in [0.29, 0.717) is 5.65 Å². The Kier molecular flexibility index (Phi) is 1.23. The first-order chi connectivity index (χ1) is 5.77. The van der Waals surface area contributed by atoms with Crippen LogP contribution < -0.4 is 0 Å². The molecule has 0 aliphatic heterocycles. The van der Waals surface area contributed by atoms with E-state index in [4.69, 9.17) is 0 Å². The predicted molar refractivity (Wildman–Crippen MR) is 37.4 cm³/mol. The Bertz CT molecular complexity index is 436. The van der Waals surface area contributed by atoms with Gasteiger partial charge in [0.15, 0.2) is 5.65 Å². The fourth-order valence-corrected chi connectivity index (χ4v) is 0.808. The maximum absolute atomic E-state index is 10.3. The van der Waals surface area contributed by atoms with Crippen LogP contribution in [0.25, 0.3) is 5.65 Å². The molecule has 0 saturated heterocycles. The Morgan fingerprint density at radius 1 is 1.50 bits per heavy atom. The second-order valence-corrected chi connectivity index (χ2v) is 2.11. The smallest absolute Gasteiger partial charge is 0.258 e. The fraction of sp³-hybridized carbons (Fsp3) is 0. The van der Waals surface area contributed by atoms with E-state index in [9.17, 15) is 10.1 Å². The monoisotopic (exact) mass is 165 g/mol. The molecule has 60 valence electrons. The molecular weight excluding hydrogens is 162 g/mol. The van der Waals surface area contributed by atoms with Gasteiger partial charge in [-0.25, -0.2) is 4.98 Å². The maximum Gasteiger partial charge on any atom is 0.305 e. The van der Waals surface area contributed by atoms with E-state index in [1.54, 1.807) is 0 Å². The summed E-state index contributed by atoms with van der Waals surface area (Å²) in [5.74, 6) is 0. The zero-order valence-electron chi connectivity index (χ0n) is 5.78. The summed E-state index contributed by atoms with van der Waals surface area (Å²) in [6.07, 6.45) is 3.84. The fourth-order valence-electron chi connectivity index (χ4n) is 0.808. The highest BCUT2D eigenvalue weighted by atomic mass is 16.6. The van der Waals surface area contributed by atoms with E-state index in [-0.39, 0.29) is 5.69 Å². The number of hydrogen-bond acceptors (Lipinski definition) is 5. The standard InChI is InChI=1S/C5H3N5O2/c11-10(12)4-1-6-5-2-7-8-9(5)3-4/h1-3H. The van der Waals surface area contributed by atoms with Gasteiger partial charge in [-0.3, -0.25) is 10.1 Å². The number of rotatable bonds is 1. The second-order valence-electron chi connectivity index (χ2n) is 2.11. The first kappa shape index (κ1) is 6.65. The Morgan fingerprint density at radius 2 is 2.33 bits per heavy atom. The highest BCUT2D eigenvalue weighted by Crippen LogP contribution is 2.07. The highest BCUT2D eigenvalue weighted by molar-refractivity contribution is 5.36. The van der Waals surface area contributed by atoms with Gasteiger partial charge in [-0.2, -0.15) is 4.52 Å². The van der Waals surface area contributed by atoms with Crippen molar-refractivity contribution in [2.75, 3.05) is 0 Å². The molecule has 2 aromatic heterocycles. The molecule has 0 spiro atoms. The van der Waals surface area contributed by atoms with Crippen molar-refractivity contribution in [3.63, 3.8) is 0 Å². The lowest BCUT2D eigenvalue weighted by molar-refractivity contribution is -0.385. The second kappa shape index (κ2) is 2.22. The van der Waals surface area contributed by atoms with Crippen molar-refractivity contribution in [2.45, 2.75) is 0 Å². The van der Waals surface area contributed by atoms with Crippen molar-refractivity contribution < 1.29 is 4.92 Å². The Morgan fingerprint density at radius 3 is 3.08 bits per heavy atom. The lowest BCUT2D eigenvalue weighted by atomic mass is 10.5. The van der Waals surface area contributed by atoms with Crippen molar-refractivity contribution in [1.82, 2.24) is 19.8 Å². The minimum Gasteiger partial charge on any atom is -0.258 e. The van der Waals surface area contributed by atoms with Gasteiger partial charge < -0.3 is 0 Å². The van der Waals surface area contributed by atoms with Gasteiger partial charge in [0.25, 0.3) is 0 Å². The van der Waals surface area contributed by atoms with Crippen LogP contribution in [-0.4, -0.2) is 24.7 Å². The van der Waals surface area contributed by atoms with Gasteiger partial charge in [0.2, 0.25) is 0 Å². The van der Waals surface area contributed by atoms with Crippen molar-refractivity contribution in [1.29, 1.82) is 0 Å². The molecule has 0 radical (unpaired) electrons. The molecule has 0 unspecified atom stereocenters. The minimum atomic E-state index is -0.534. The maximum atomic E-state index is 10.3. The van der Waals surface area contributed by atoms with Gasteiger partial charge in [0.1, 0.15) is 12.4 Å². The SMILES string of the molecule is O=[N+]([O-])c1cnc2cnnn2c1. The molecule has 0 bridgehead atoms. The van der Waals surface area contributed by atoms with E-state index in [0.717, 1.165) is 0 Å². The van der Waals surface area contributed by atoms with E-state index < -0.39 is 4.92 Å². The predicted octanol–water partition coefficient (Wildman–Crippen LogP) is 0.0325. The van der Waals surface area contributed by atoms with Gasteiger partial charge in [-0.05, 0) is 0 Å². The summed E-state index contributed by atoms with van der Waals surface area (Å²) in [5, 5.41) is 17.4. The Balaban J connectivity index is 2.68. The average molecular weight is 165 g/mol. The van der Waals surface area contributed by atoms with Crippen LogP contribution >= 0.6 is 0 Å². The summed E-state index contributed by atoms with van der Waals surface area (Å²) < 4.78 is 1.25. The molecule has 0 aliphatic rings. The molecule has 0 amide bonds. The molecule has 0 atom stereocenters. The summed E-state index contributed by atoms with van der Waals surface area (Å²) in [6, 6.07) is 0. The zero-order chi connectivity index (χ0) is 8.55. The lowest BCUT2D eigenvalue weighted by Crippen LogP contribution is -1.94. The van der Waals surface area contributed by atoms with Gasteiger partial charge in [0.05, 0.1) is 11.1 Å².